The van der Waals surface area contributed by atoms with Crippen molar-refractivity contribution >= 4 is 0 Å². The Morgan fingerprint density at radius 2 is 1.74 bits per heavy atom. The maximum atomic E-state index is 5.97. The normalized spacial score (nSPS) is 30.5. The van der Waals surface area contributed by atoms with Crippen molar-refractivity contribution in [2.24, 2.45) is 22.8 Å². The van der Waals surface area contributed by atoms with Crippen molar-refractivity contribution in [3.8, 4) is 0 Å². The topological polar surface area (TPSA) is 64.1 Å². The van der Waals surface area contributed by atoms with E-state index in [-0.39, 0.29) is 11.0 Å². The van der Waals surface area contributed by atoms with Crippen LogP contribution >= 0.6 is 0 Å². The highest BCUT2D eigenvalue weighted by Gasteiger charge is 2.47. The number of hydrogen-bond donors (Lipinski definition) is 3. The fourth-order valence-corrected chi connectivity index (χ4v) is 3.55. The summed E-state index contributed by atoms with van der Waals surface area (Å²) in [6.45, 7) is 9.96. The molecule has 3 nitrogen and oxygen atoms in total. The number of hydrogen-bond acceptors (Lipinski definition) is 3. The third-order valence-electron chi connectivity index (χ3n) is 5.60. The van der Waals surface area contributed by atoms with E-state index in [4.69, 9.17) is 11.5 Å². The summed E-state index contributed by atoms with van der Waals surface area (Å²) in [5.74, 6) is 0.649. The largest absolute Gasteiger partial charge is 0.330 e. The van der Waals surface area contributed by atoms with Crippen LogP contribution in [0.15, 0.2) is 0 Å². The van der Waals surface area contributed by atoms with Gasteiger partial charge in [-0.15, -0.1) is 0 Å². The molecule has 0 aromatic carbocycles. The third kappa shape index (κ3) is 4.17. The minimum absolute atomic E-state index is 0.239. The fourth-order valence-electron chi connectivity index (χ4n) is 3.55. The van der Waals surface area contributed by atoms with E-state index in [9.17, 15) is 0 Å². The first-order valence-corrected chi connectivity index (χ1v) is 8.13. The average Bonchev–Trinajstić information content (AvgIpc) is 2.37. The molecule has 1 rings (SSSR count). The first-order valence-electron chi connectivity index (χ1n) is 8.13. The molecule has 0 spiro atoms. The lowest BCUT2D eigenvalue weighted by Gasteiger charge is -2.53. The number of unbranched alkanes of at least 4 members (excludes halogenated alkanes) is 3. The molecule has 0 aliphatic heterocycles. The van der Waals surface area contributed by atoms with E-state index in [0.717, 1.165) is 26.1 Å². The van der Waals surface area contributed by atoms with Crippen molar-refractivity contribution in [3.05, 3.63) is 0 Å². The summed E-state index contributed by atoms with van der Waals surface area (Å²) in [6.07, 6.45) is 8.86. The second-order valence-electron chi connectivity index (χ2n) is 7.01. The van der Waals surface area contributed by atoms with Gasteiger partial charge in [0.15, 0.2) is 0 Å². The van der Waals surface area contributed by atoms with Gasteiger partial charge in [-0.1, -0.05) is 33.1 Å². The molecule has 1 fully saturated rings. The Hall–Kier alpha value is -0.120. The van der Waals surface area contributed by atoms with Crippen LogP contribution in [0.2, 0.25) is 0 Å². The maximum Gasteiger partial charge on any atom is 0.0207 e. The first kappa shape index (κ1) is 16.9. The second-order valence-corrected chi connectivity index (χ2v) is 7.01. The van der Waals surface area contributed by atoms with Crippen molar-refractivity contribution in [1.82, 2.24) is 5.32 Å². The molecule has 114 valence electrons. The average molecular weight is 269 g/mol. The van der Waals surface area contributed by atoms with Gasteiger partial charge in [0.25, 0.3) is 0 Å². The molecule has 1 aliphatic carbocycles. The molecule has 0 aromatic rings. The molecule has 0 bridgehead atoms. The summed E-state index contributed by atoms with van der Waals surface area (Å²) in [5, 5.41) is 3.84. The Morgan fingerprint density at radius 1 is 1.05 bits per heavy atom. The SMILES string of the molecule is CC1(NCCCCCCN)CCCC(CN)C1(C)C. The summed E-state index contributed by atoms with van der Waals surface area (Å²) in [5.41, 5.74) is 12.0. The lowest BCUT2D eigenvalue weighted by Crippen LogP contribution is -2.60. The molecule has 2 atom stereocenters. The van der Waals surface area contributed by atoms with E-state index in [1.165, 1.54) is 38.5 Å². The first-order chi connectivity index (χ1) is 8.98. The van der Waals surface area contributed by atoms with Gasteiger partial charge < -0.3 is 16.8 Å². The summed E-state index contributed by atoms with van der Waals surface area (Å²) < 4.78 is 0. The van der Waals surface area contributed by atoms with Gasteiger partial charge >= 0.3 is 0 Å². The molecule has 1 aliphatic rings. The monoisotopic (exact) mass is 269 g/mol. The zero-order chi connectivity index (χ0) is 14.4. The van der Waals surface area contributed by atoms with Gasteiger partial charge in [-0.3, -0.25) is 0 Å². The van der Waals surface area contributed by atoms with Crippen molar-refractivity contribution in [2.45, 2.75) is 71.3 Å². The minimum atomic E-state index is 0.239. The van der Waals surface area contributed by atoms with Crippen LogP contribution in [-0.2, 0) is 0 Å². The molecular formula is C16H35N3. The fraction of sp³-hybridized carbons (Fsp3) is 1.00. The van der Waals surface area contributed by atoms with Crippen molar-refractivity contribution in [2.75, 3.05) is 19.6 Å². The van der Waals surface area contributed by atoms with E-state index >= 15 is 0 Å². The quantitative estimate of drug-likeness (QED) is 0.594. The highest BCUT2D eigenvalue weighted by Crippen LogP contribution is 2.47. The van der Waals surface area contributed by atoms with Crippen molar-refractivity contribution < 1.29 is 0 Å². The van der Waals surface area contributed by atoms with Gasteiger partial charge in [0.05, 0.1) is 0 Å². The highest BCUT2D eigenvalue weighted by atomic mass is 15.0. The van der Waals surface area contributed by atoms with Crippen LogP contribution in [0.5, 0.6) is 0 Å². The number of rotatable bonds is 8. The lowest BCUT2D eigenvalue weighted by atomic mass is 9.58. The maximum absolute atomic E-state index is 5.97. The van der Waals surface area contributed by atoms with Crippen LogP contribution < -0.4 is 16.8 Å². The Kier molecular flexibility index (Phi) is 6.78. The molecule has 3 heteroatoms. The van der Waals surface area contributed by atoms with E-state index in [0.29, 0.717) is 5.92 Å². The predicted molar refractivity (Wildman–Crippen MR) is 84.1 cm³/mol. The van der Waals surface area contributed by atoms with Crippen molar-refractivity contribution in [1.29, 1.82) is 0 Å². The van der Waals surface area contributed by atoms with E-state index in [1.807, 2.05) is 0 Å². The van der Waals surface area contributed by atoms with E-state index < -0.39 is 0 Å². The predicted octanol–water partition coefficient (Wildman–Crippen LogP) is 2.64. The minimum Gasteiger partial charge on any atom is -0.330 e. The van der Waals surface area contributed by atoms with Gasteiger partial charge in [0, 0.05) is 5.54 Å². The van der Waals surface area contributed by atoms with Gasteiger partial charge in [-0.25, -0.2) is 0 Å². The summed E-state index contributed by atoms with van der Waals surface area (Å²) in [4.78, 5) is 0. The highest BCUT2D eigenvalue weighted by molar-refractivity contribution is 5.03. The molecule has 5 N–H and O–H groups in total. The Morgan fingerprint density at radius 3 is 2.37 bits per heavy atom. The molecule has 1 saturated carbocycles. The van der Waals surface area contributed by atoms with Crippen LogP contribution in [0.3, 0.4) is 0 Å². The van der Waals surface area contributed by atoms with Crippen LogP contribution in [0.4, 0.5) is 0 Å². The second kappa shape index (κ2) is 7.61. The van der Waals surface area contributed by atoms with Crippen LogP contribution in [0.25, 0.3) is 0 Å². The van der Waals surface area contributed by atoms with Crippen LogP contribution in [-0.4, -0.2) is 25.2 Å². The molecule has 0 saturated heterocycles. The van der Waals surface area contributed by atoms with Gasteiger partial charge in [-0.2, -0.15) is 0 Å². The molecule has 0 aromatic heterocycles. The summed E-state index contributed by atoms with van der Waals surface area (Å²) in [6, 6.07) is 0. The molecule has 0 amide bonds. The zero-order valence-electron chi connectivity index (χ0n) is 13.3. The van der Waals surface area contributed by atoms with E-state index in [2.05, 4.69) is 26.1 Å². The third-order valence-corrected chi connectivity index (χ3v) is 5.60. The molecule has 2 unspecified atom stereocenters. The van der Waals surface area contributed by atoms with Gasteiger partial charge in [-0.05, 0) is 63.6 Å². The standard InChI is InChI=1S/C16H35N3/c1-15(2)14(13-18)9-8-10-16(15,3)19-12-7-5-4-6-11-17/h14,19H,4-13,17-18H2,1-3H3. The Balaban J connectivity index is 2.40. The molecule has 0 radical (unpaired) electrons. The number of nitrogens with one attached hydrogen (secondary N) is 1. The van der Waals surface area contributed by atoms with Crippen molar-refractivity contribution in [3.63, 3.8) is 0 Å². The molecular weight excluding hydrogens is 234 g/mol. The summed E-state index contributed by atoms with van der Waals surface area (Å²) >= 11 is 0. The zero-order valence-corrected chi connectivity index (χ0v) is 13.3. The Labute approximate surface area is 119 Å². The smallest absolute Gasteiger partial charge is 0.0207 e. The summed E-state index contributed by atoms with van der Waals surface area (Å²) in [7, 11) is 0. The number of nitrogens with two attached hydrogens (primary N) is 2. The van der Waals surface area contributed by atoms with E-state index in [1.54, 1.807) is 0 Å². The van der Waals surface area contributed by atoms with Crippen LogP contribution in [0.1, 0.15) is 65.7 Å². The molecule has 19 heavy (non-hydrogen) atoms. The Bertz CT molecular complexity index is 252. The van der Waals surface area contributed by atoms with Gasteiger partial charge in [0.1, 0.15) is 0 Å². The molecule has 0 heterocycles. The van der Waals surface area contributed by atoms with Gasteiger partial charge in [0.2, 0.25) is 0 Å². The van der Waals surface area contributed by atoms with Crippen LogP contribution in [0, 0.1) is 11.3 Å². The lowest BCUT2D eigenvalue weighted by molar-refractivity contribution is 0.0205.